The van der Waals surface area contributed by atoms with Gasteiger partial charge in [-0.3, -0.25) is 14.2 Å². The molecule has 182 valence electrons. The summed E-state index contributed by atoms with van der Waals surface area (Å²) < 4.78 is 23.3. The Morgan fingerprint density at radius 2 is 1.82 bits per heavy atom. The van der Waals surface area contributed by atoms with Gasteiger partial charge in [0.05, 0.1) is 39.0 Å². The number of fused-ring (bicyclic) bond motifs is 1. The molecule has 1 aromatic heterocycles. The zero-order valence-corrected chi connectivity index (χ0v) is 21.2. The summed E-state index contributed by atoms with van der Waals surface area (Å²) >= 11 is 1.21. The molecule has 2 aromatic carbocycles. The van der Waals surface area contributed by atoms with E-state index in [0.29, 0.717) is 39.7 Å². The molecule has 0 aliphatic carbocycles. The molecule has 0 saturated heterocycles. The van der Waals surface area contributed by atoms with Crippen LogP contribution in [0.25, 0.3) is 16.6 Å². The number of rotatable bonds is 10. The van der Waals surface area contributed by atoms with Crippen molar-refractivity contribution in [2.45, 2.75) is 44.0 Å². The summed E-state index contributed by atoms with van der Waals surface area (Å²) in [4.78, 5) is 31.4. The van der Waals surface area contributed by atoms with E-state index in [1.54, 1.807) is 13.0 Å². The highest BCUT2D eigenvalue weighted by molar-refractivity contribution is 8.00. The molecule has 0 fully saturated rings. The smallest absolute Gasteiger partial charge is 0.319 e. The van der Waals surface area contributed by atoms with Gasteiger partial charge < -0.3 is 18.9 Å². The molecule has 0 aliphatic heterocycles. The van der Waals surface area contributed by atoms with E-state index in [-0.39, 0.29) is 23.9 Å². The second kappa shape index (κ2) is 11.3. The zero-order chi connectivity index (χ0) is 24.8. The van der Waals surface area contributed by atoms with Gasteiger partial charge in [-0.25, -0.2) is 4.98 Å². The van der Waals surface area contributed by atoms with Crippen molar-refractivity contribution < 1.29 is 23.7 Å². The van der Waals surface area contributed by atoms with Crippen LogP contribution in [0.5, 0.6) is 17.2 Å². The minimum atomic E-state index is -0.517. The molecule has 1 heterocycles. The Bertz CT molecular complexity index is 1240. The average molecular weight is 487 g/mol. The van der Waals surface area contributed by atoms with E-state index in [1.165, 1.54) is 37.7 Å². The molecule has 0 amide bonds. The normalized spacial score (nSPS) is 11.8. The molecule has 0 aliphatic rings. The Balaban J connectivity index is 2.37. The summed E-state index contributed by atoms with van der Waals surface area (Å²) in [7, 11) is 4.47. The Hall–Kier alpha value is -3.20. The lowest BCUT2D eigenvalue weighted by Gasteiger charge is -2.20. The number of benzene rings is 2. The molecule has 34 heavy (non-hydrogen) atoms. The summed E-state index contributed by atoms with van der Waals surface area (Å²) in [5.41, 5.74) is 1.66. The van der Waals surface area contributed by atoms with Crippen molar-refractivity contribution >= 4 is 28.6 Å². The first-order chi connectivity index (χ1) is 16.4. The van der Waals surface area contributed by atoms with Crippen molar-refractivity contribution in [2.24, 2.45) is 0 Å². The molecule has 9 heteroatoms. The largest absolute Gasteiger partial charge is 0.493 e. The van der Waals surface area contributed by atoms with Crippen LogP contribution in [0.4, 0.5) is 0 Å². The summed E-state index contributed by atoms with van der Waals surface area (Å²) in [5, 5.41) is 0.153. The standard InChI is InChI=1S/C25H30N2O6S/c1-7-10-19(24(29)33-8-2)34-25-26-20-17(14-18(30-4)21(31-5)22(20)32-6)23(28)27(25)16-12-9-11-15(3)13-16/h9,11-14,19H,7-8,10H2,1-6H3/t19-/m0/s1. The van der Waals surface area contributed by atoms with Gasteiger partial charge in [0, 0.05) is 0 Å². The number of aromatic nitrogens is 2. The predicted octanol–water partition coefficient (Wildman–Crippen LogP) is 4.54. The van der Waals surface area contributed by atoms with E-state index in [0.717, 1.165) is 12.0 Å². The van der Waals surface area contributed by atoms with Crippen molar-refractivity contribution in [2.75, 3.05) is 27.9 Å². The van der Waals surface area contributed by atoms with E-state index < -0.39 is 5.25 Å². The number of esters is 1. The third-order valence-corrected chi connectivity index (χ3v) is 6.44. The third kappa shape index (κ3) is 4.99. The van der Waals surface area contributed by atoms with Crippen LogP contribution in [0.2, 0.25) is 0 Å². The van der Waals surface area contributed by atoms with Gasteiger partial charge in [-0.05, 0) is 44.0 Å². The minimum absolute atomic E-state index is 0.278. The van der Waals surface area contributed by atoms with Crippen molar-refractivity contribution in [1.29, 1.82) is 0 Å². The van der Waals surface area contributed by atoms with Crippen LogP contribution < -0.4 is 19.8 Å². The molecule has 0 radical (unpaired) electrons. The molecule has 0 bridgehead atoms. The SMILES string of the molecule is CCC[C@H](Sc1nc2c(OC)c(OC)c(OC)cc2c(=O)n1-c1cccc(C)c1)C(=O)OCC. The predicted molar refractivity (Wildman–Crippen MR) is 133 cm³/mol. The number of carbonyl (C=O) groups excluding carboxylic acids is 1. The second-order valence-corrected chi connectivity index (χ2v) is 8.73. The van der Waals surface area contributed by atoms with Crippen molar-refractivity contribution in [3.8, 4) is 22.9 Å². The summed E-state index contributed by atoms with van der Waals surface area (Å²) in [6, 6.07) is 9.16. The highest BCUT2D eigenvalue weighted by atomic mass is 32.2. The van der Waals surface area contributed by atoms with Gasteiger partial charge in [0.2, 0.25) is 5.75 Å². The topological polar surface area (TPSA) is 88.9 Å². The highest BCUT2D eigenvalue weighted by Gasteiger charge is 2.27. The molecule has 0 spiro atoms. The van der Waals surface area contributed by atoms with E-state index in [4.69, 9.17) is 23.9 Å². The van der Waals surface area contributed by atoms with E-state index >= 15 is 0 Å². The van der Waals surface area contributed by atoms with E-state index in [1.807, 2.05) is 38.1 Å². The fourth-order valence-electron chi connectivity index (χ4n) is 3.69. The van der Waals surface area contributed by atoms with Gasteiger partial charge in [-0.15, -0.1) is 0 Å². The van der Waals surface area contributed by atoms with Crippen LogP contribution in [0.15, 0.2) is 40.3 Å². The first-order valence-corrected chi connectivity index (χ1v) is 11.9. The first-order valence-electron chi connectivity index (χ1n) is 11.1. The number of aryl methyl sites for hydroxylation is 1. The van der Waals surface area contributed by atoms with Gasteiger partial charge in [-0.2, -0.15) is 0 Å². The third-order valence-electron chi connectivity index (χ3n) is 5.24. The van der Waals surface area contributed by atoms with Crippen LogP contribution in [-0.2, 0) is 9.53 Å². The highest BCUT2D eigenvalue weighted by Crippen LogP contribution is 2.42. The molecule has 3 aromatic rings. The quantitative estimate of drug-likeness (QED) is 0.234. The second-order valence-electron chi connectivity index (χ2n) is 7.56. The van der Waals surface area contributed by atoms with Crippen molar-refractivity contribution in [3.63, 3.8) is 0 Å². The fraction of sp³-hybridized carbons (Fsp3) is 0.400. The summed E-state index contributed by atoms with van der Waals surface area (Å²) in [6.07, 6.45) is 1.35. The number of hydrogen-bond acceptors (Lipinski definition) is 8. The van der Waals surface area contributed by atoms with Crippen molar-refractivity contribution in [3.05, 3.63) is 46.2 Å². The first kappa shape index (κ1) is 25.4. The maximum atomic E-state index is 13.9. The van der Waals surface area contributed by atoms with Gasteiger partial charge in [0.15, 0.2) is 16.7 Å². The Morgan fingerprint density at radius 1 is 1.09 bits per heavy atom. The lowest BCUT2D eigenvalue weighted by atomic mass is 10.2. The van der Waals surface area contributed by atoms with E-state index in [2.05, 4.69) is 0 Å². The number of hydrogen-bond donors (Lipinski definition) is 0. The molecular formula is C25H30N2O6S. The van der Waals surface area contributed by atoms with E-state index in [9.17, 15) is 9.59 Å². The van der Waals surface area contributed by atoms with Gasteiger partial charge >= 0.3 is 5.97 Å². The number of methoxy groups -OCH3 is 3. The lowest BCUT2D eigenvalue weighted by molar-refractivity contribution is -0.142. The van der Waals surface area contributed by atoms with Crippen LogP contribution >= 0.6 is 11.8 Å². The zero-order valence-electron chi connectivity index (χ0n) is 20.3. The molecule has 3 rings (SSSR count). The molecule has 1 atom stereocenters. The Kier molecular flexibility index (Phi) is 8.44. The van der Waals surface area contributed by atoms with Crippen LogP contribution in [-0.4, -0.2) is 48.7 Å². The fourth-order valence-corrected chi connectivity index (χ4v) is 4.90. The maximum Gasteiger partial charge on any atom is 0.319 e. The Morgan fingerprint density at radius 3 is 2.41 bits per heavy atom. The Labute approximate surface area is 203 Å². The van der Waals surface area contributed by atoms with Crippen LogP contribution in [0.1, 0.15) is 32.3 Å². The number of carbonyl (C=O) groups is 1. The number of ether oxygens (including phenoxy) is 4. The molecule has 0 N–H and O–H groups in total. The molecule has 8 nitrogen and oxygen atoms in total. The van der Waals surface area contributed by atoms with Gasteiger partial charge in [0.1, 0.15) is 10.8 Å². The molecule has 0 unspecified atom stereocenters. The van der Waals surface area contributed by atoms with Gasteiger partial charge in [0.25, 0.3) is 5.56 Å². The summed E-state index contributed by atoms with van der Waals surface area (Å²) in [6.45, 7) is 5.99. The average Bonchev–Trinajstić information content (AvgIpc) is 2.82. The van der Waals surface area contributed by atoms with Gasteiger partial charge in [-0.1, -0.05) is 37.2 Å². The summed E-state index contributed by atoms with van der Waals surface area (Å²) in [5.74, 6) is 0.649. The molecule has 0 saturated carbocycles. The molecular weight excluding hydrogens is 456 g/mol. The maximum absolute atomic E-state index is 13.9. The van der Waals surface area contributed by atoms with Crippen LogP contribution in [0.3, 0.4) is 0 Å². The monoisotopic (exact) mass is 486 g/mol. The number of nitrogens with zero attached hydrogens (tertiary/aromatic N) is 2. The lowest BCUT2D eigenvalue weighted by Crippen LogP contribution is -2.26. The minimum Gasteiger partial charge on any atom is -0.493 e. The van der Waals surface area contributed by atoms with Crippen molar-refractivity contribution in [1.82, 2.24) is 9.55 Å². The van der Waals surface area contributed by atoms with Crippen LogP contribution in [0, 0.1) is 6.92 Å². The number of thioether (sulfide) groups is 1.